The van der Waals surface area contributed by atoms with Gasteiger partial charge in [0.1, 0.15) is 5.84 Å². The average Bonchev–Trinajstić information content (AvgIpc) is 2.16. The van der Waals surface area contributed by atoms with E-state index in [1.165, 1.54) is 0 Å². The van der Waals surface area contributed by atoms with E-state index < -0.39 is 0 Å². The van der Waals surface area contributed by atoms with Gasteiger partial charge in [-0.2, -0.15) is 0 Å². The van der Waals surface area contributed by atoms with Gasteiger partial charge >= 0.3 is 0 Å². The smallest absolute Gasteiger partial charge is 0.140 e. The third kappa shape index (κ3) is 3.20. The second kappa shape index (κ2) is 5.04. The van der Waals surface area contributed by atoms with Gasteiger partial charge in [0.25, 0.3) is 0 Å². The highest BCUT2D eigenvalue weighted by molar-refractivity contribution is 5.79. The number of ether oxygens (including phenoxy) is 1. The van der Waals surface area contributed by atoms with Crippen LogP contribution in [0.4, 0.5) is 0 Å². The van der Waals surface area contributed by atoms with Crippen molar-refractivity contribution in [3.05, 3.63) is 0 Å². The van der Waals surface area contributed by atoms with Crippen LogP contribution in [0, 0.1) is 0 Å². The summed E-state index contributed by atoms with van der Waals surface area (Å²) in [6.07, 6.45) is 0.612. The Morgan fingerprint density at radius 3 is 3.15 bits per heavy atom. The summed E-state index contributed by atoms with van der Waals surface area (Å²) >= 11 is 0. The Kier molecular flexibility index (Phi) is 3.98. The highest BCUT2D eigenvalue weighted by Gasteiger charge is 2.18. The Balaban J connectivity index is 2.26. The molecule has 0 aromatic heterocycles. The normalized spacial score (nSPS) is 26.2. The second-order valence-electron chi connectivity index (χ2n) is 3.30. The highest BCUT2D eigenvalue weighted by Crippen LogP contribution is 2.06. The van der Waals surface area contributed by atoms with Crippen LogP contribution in [-0.4, -0.2) is 48.3 Å². The van der Waals surface area contributed by atoms with Gasteiger partial charge in [-0.05, 0) is 6.92 Å². The van der Waals surface area contributed by atoms with E-state index in [-0.39, 0.29) is 0 Å². The Hall–Kier alpha value is -0.810. The Morgan fingerprint density at radius 2 is 2.54 bits per heavy atom. The van der Waals surface area contributed by atoms with Crippen molar-refractivity contribution in [2.75, 3.05) is 26.3 Å². The molecule has 0 aliphatic carbocycles. The van der Waals surface area contributed by atoms with Crippen molar-refractivity contribution in [2.45, 2.75) is 19.4 Å². The van der Waals surface area contributed by atoms with E-state index in [0.717, 1.165) is 26.3 Å². The van der Waals surface area contributed by atoms with E-state index in [1.54, 1.807) is 0 Å². The molecule has 1 rings (SSSR count). The summed E-state index contributed by atoms with van der Waals surface area (Å²) in [4.78, 5) is 2.28. The maximum atomic E-state index is 8.35. The fourth-order valence-electron chi connectivity index (χ4n) is 1.40. The molecular weight excluding hydrogens is 170 g/mol. The van der Waals surface area contributed by atoms with E-state index in [9.17, 15) is 0 Å². The van der Waals surface area contributed by atoms with Crippen LogP contribution in [0.25, 0.3) is 0 Å². The minimum absolute atomic E-state index is 0.290. The van der Waals surface area contributed by atoms with Crippen LogP contribution in [0.5, 0.6) is 0 Å². The van der Waals surface area contributed by atoms with E-state index >= 15 is 0 Å². The molecule has 13 heavy (non-hydrogen) atoms. The van der Waals surface area contributed by atoms with E-state index in [1.807, 2.05) is 0 Å². The summed E-state index contributed by atoms with van der Waals surface area (Å²) in [5, 5.41) is 11.3. The molecule has 0 amide bonds. The zero-order valence-corrected chi connectivity index (χ0v) is 7.94. The number of hydrogen-bond acceptors (Lipinski definition) is 4. The first-order valence-corrected chi connectivity index (χ1v) is 4.52. The highest BCUT2D eigenvalue weighted by atomic mass is 16.5. The lowest BCUT2D eigenvalue weighted by atomic mass is 10.2. The number of hydrogen-bond donors (Lipinski definition) is 2. The molecule has 5 heteroatoms. The fraction of sp³-hybridized carbons (Fsp3) is 0.875. The van der Waals surface area contributed by atoms with Gasteiger partial charge in [0.15, 0.2) is 0 Å². The summed E-state index contributed by atoms with van der Waals surface area (Å²) in [6, 6.07) is 0.431. The Labute approximate surface area is 78.1 Å². The summed E-state index contributed by atoms with van der Waals surface area (Å²) < 4.78 is 5.29. The van der Waals surface area contributed by atoms with Crippen molar-refractivity contribution in [3.8, 4) is 0 Å². The van der Waals surface area contributed by atoms with Crippen molar-refractivity contribution < 1.29 is 9.94 Å². The van der Waals surface area contributed by atoms with Crippen LogP contribution < -0.4 is 5.73 Å². The van der Waals surface area contributed by atoms with E-state index in [4.69, 9.17) is 15.7 Å². The van der Waals surface area contributed by atoms with Crippen LogP contribution in [0.3, 0.4) is 0 Å². The van der Waals surface area contributed by atoms with E-state index in [0.29, 0.717) is 18.3 Å². The van der Waals surface area contributed by atoms with Gasteiger partial charge in [0.2, 0.25) is 0 Å². The summed E-state index contributed by atoms with van der Waals surface area (Å²) in [6.45, 7) is 5.43. The molecule has 1 fully saturated rings. The minimum atomic E-state index is 0.290. The van der Waals surface area contributed by atoms with Gasteiger partial charge in [-0.25, -0.2) is 0 Å². The molecular formula is C8H17N3O2. The van der Waals surface area contributed by atoms with Crippen LogP contribution >= 0.6 is 0 Å². The van der Waals surface area contributed by atoms with Crippen LogP contribution in [0.15, 0.2) is 5.16 Å². The molecule has 0 spiro atoms. The predicted molar refractivity (Wildman–Crippen MR) is 49.9 cm³/mol. The molecule has 76 valence electrons. The third-order valence-electron chi connectivity index (χ3n) is 2.29. The molecule has 0 bridgehead atoms. The number of oxime groups is 1. The summed E-state index contributed by atoms with van der Waals surface area (Å²) in [5.41, 5.74) is 5.38. The number of rotatable bonds is 3. The van der Waals surface area contributed by atoms with Crippen molar-refractivity contribution >= 4 is 5.84 Å². The van der Waals surface area contributed by atoms with Crippen molar-refractivity contribution in [3.63, 3.8) is 0 Å². The summed E-state index contributed by atoms with van der Waals surface area (Å²) in [5.74, 6) is 0.290. The zero-order chi connectivity index (χ0) is 9.68. The lowest BCUT2D eigenvalue weighted by molar-refractivity contribution is 0.00105. The second-order valence-corrected chi connectivity index (χ2v) is 3.30. The van der Waals surface area contributed by atoms with Gasteiger partial charge in [-0.15, -0.1) is 0 Å². The molecule has 0 aromatic rings. The number of nitrogens with zero attached hydrogens (tertiary/aromatic N) is 2. The van der Waals surface area contributed by atoms with Crippen molar-refractivity contribution in [1.29, 1.82) is 0 Å². The molecule has 1 saturated heterocycles. The predicted octanol–water partition coefficient (Wildman–Crippen LogP) is -0.156. The zero-order valence-electron chi connectivity index (χ0n) is 7.94. The van der Waals surface area contributed by atoms with Crippen LogP contribution in [-0.2, 0) is 4.74 Å². The molecule has 1 atom stereocenters. The van der Waals surface area contributed by atoms with Gasteiger partial charge < -0.3 is 15.7 Å². The Morgan fingerprint density at radius 1 is 1.77 bits per heavy atom. The van der Waals surface area contributed by atoms with Gasteiger partial charge in [0.05, 0.1) is 13.2 Å². The lowest BCUT2D eigenvalue weighted by Gasteiger charge is -2.32. The minimum Gasteiger partial charge on any atom is -0.409 e. The van der Waals surface area contributed by atoms with Crippen LogP contribution in [0.1, 0.15) is 13.3 Å². The van der Waals surface area contributed by atoms with E-state index in [2.05, 4.69) is 17.0 Å². The molecule has 5 nitrogen and oxygen atoms in total. The molecule has 0 saturated carbocycles. The first-order chi connectivity index (χ1) is 6.24. The maximum Gasteiger partial charge on any atom is 0.140 e. The Bertz CT molecular complexity index is 184. The molecule has 1 aliphatic heterocycles. The van der Waals surface area contributed by atoms with Crippen LogP contribution in [0.2, 0.25) is 0 Å². The topological polar surface area (TPSA) is 71.1 Å². The molecule has 1 heterocycles. The van der Waals surface area contributed by atoms with Crippen molar-refractivity contribution in [1.82, 2.24) is 4.90 Å². The number of amidine groups is 1. The maximum absolute atomic E-state index is 8.35. The molecule has 1 unspecified atom stereocenters. The lowest BCUT2D eigenvalue weighted by Crippen LogP contribution is -2.44. The number of morpholine rings is 1. The van der Waals surface area contributed by atoms with Gasteiger partial charge in [-0.1, -0.05) is 5.16 Å². The number of nitrogens with two attached hydrogens (primary N) is 1. The molecule has 0 radical (unpaired) electrons. The summed E-state index contributed by atoms with van der Waals surface area (Å²) in [7, 11) is 0. The molecule has 1 aliphatic rings. The molecule has 0 aromatic carbocycles. The van der Waals surface area contributed by atoms with Gasteiger partial charge in [-0.3, -0.25) is 4.90 Å². The largest absolute Gasteiger partial charge is 0.409 e. The first-order valence-electron chi connectivity index (χ1n) is 4.52. The first kappa shape index (κ1) is 10.3. The fourth-order valence-corrected chi connectivity index (χ4v) is 1.40. The SMILES string of the molecule is CC1COCCN1CC/C(N)=N/O. The van der Waals surface area contributed by atoms with Gasteiger partial charge in [0, 0.05) is 25.6 Å². The molecule has 3 N–H and O–H groups in total. The average molecular weight is 187 g/mol. The standard InChI is InChI=1S/C8H17N3O2/c1-7-6-13-5-4-11(7)3-2-8(9)10-12/h7,12H,2-6H2,1H3,(H2,9,10). The third-order valence-corrected chi connectivity index (χ3v) is 2.29. The quantitative estimate of drug-likeness (QED) is 0.279. The van der Waals surface area contributed by atoms with Crippen molar-refractivity contribution in [2.24, 2.45) is 10.9 Å². The monoisotopic (exact) mass is 187 g/mol.